The van der Waals surface area contributed by atoms with Crippen molar-refractivity contribution in [3.8, 4) is 0 Å². The number of hydrogen-bond donors (Lipinski definition) is 0. The Morgan fingerprint density at radius 3 is 1.43 bits per heavy atom. The van der Waals surface area contributed by atoms with Crippen molar-refractivity contribution in [2.24, 2.45) is 0 Å². The van der Waals surface area contributed by atoms with Crippen LogP contribution in [0.15, 0.2) is 60.7 Å². The van der Waals surface area contributed by atoms with Gasteiger partial charge in [0.05, 0.1) is 0 Å². The Morgan fingerprint density at radius 1 is 0.595 bits per heavy atom. The molecule has 216 valence electrons. The fraction of sp³-hybridized carbons (Fsp3) is 0.405. The molecule has 0 heterocycles. The minimum absolute atomic E-state index is 0. The molecule has 42 heavy (non-hydrogen) atoms. The van der Waals surface area contributed by atoms with E-state index in [0.29, 0.717) is 0 Å². The molecule has 0 bridgehead atoms. The summed E-state index contributed by atoms with van der Waals surface area (Å²) < 4.78 is 0. The molecule has 0 aromatic heterocycles. The van der Waals surface area contributed by atoms with Crippen LogP contribution < -0.4 is 10.6 Å². The van der Waals surface area contributed by atoms with Crippen molar-refractivity contribution in [3.05, 3.63) is 124 Å². The first-order chi connectivity index (χ1) is 19.4. The minimum atomic E-state index is -0.517. The normalized spacial score (nSPS) is 21.1. The van der Waals surface area contributed by atoms with Gasteiger partial charge >= 0.3 is 17.1 Å². The molecular formula is C37H46B2FeP2+2. The van der Waals surface area contributed by atoms with E-state index in [9.17, 15) is 0 Å². The Hall–Kier alpha value is -0.0506. The van der Waals surface area contributed by atoms with E-state index < -0.39 is 7.92 Å². The van der Waals surface area contributed by atoms with Gasteiger partial charge in [0.15, 0.2) is 0 Å². The molecule has 4 aliphatic carbocycles. The standard InChI is InChI=1S/C32H41P2.C5H5.2B.Fe/c1-2-31(33(26-16-7-3-8-17-26)27-18-9-4-10-19-27)30-24-15-25-32(30)34(28-20-11-5-12-21-28)29-22-13-6-14-23-29;1-2-4-5-3-1;;;/h5-6,11-15,20-27,31H,2-4,7-10,16-19H2,1H3;1-5H;;;/q;;;;+2/t31-;;;;/m1..../s1. The molecule has 0 saturated heterocycles. The van der Waals surface area contributed by atoms with Gasteiger partial charge in [0.25, 0.3) is 0 Å². The van der Waals surface area contributed by atoms with Crippen LogP contribution in [0.1, 0.15) is 77.6 Å². The van der Waals surface area contributed by atoms with Crippen LogP contribution in [0.5, 0.6) is 0 Å². The molecule has 6 rings (SSSR count). The summed E-state index contributed by atoms with van der Waals surface area (Å²) in [6.45, 7) is 2.50. The first kappa shape index (κ1) is 38.1. The van der Waals surface area contributed by atoms with E-state index in [1.165, 1.54) is 81.2 Å². The van der Waals surface area contributed by atoms with E-state index in [4.69, 9.17) is 0 Å². The molecule has 5 heteroatoms. The van der Waals surface area contributed by atoms with Crippen LogP contribution in [0.2, 0.25) is 0 Å². The first-order valence-corrected chi connectivity index (χ1v) is 18.4. The van der Waals surface area contributed by atoms with Crippen molar-refractivity contribution in [3.63, 3.8) is 0 Å². The summed E-state index contributed by atoms with van der Waals surface area (Å²) in [4.78, 5) is 0. The summed E-state index contributed by atoms with van der Waals surface area (Å²) in [7, 11) is -0.497. The van der Waals surface area contributed by atoms with Crippen LogP contribution >= 0.6 is 15.8 Å². The molecule has 0 nitrogen and oxygen atoms in total. The van der Waals surface area contributed by atoms with E-state index in [1.54, 1.807) is 11.6 Å². The van der Waals surface area contributed by atoms with Gasteiger partial charge in [-0.05, 0) is 125 Å². The zero-order valence-electron chi connectivity index (χ0n) is 25.3. The number of benzene rings is 2. The largest absolute Gasteiger partial charge is 2.00 e. The van der Waals surface area contributed by atoms with Crippen molar-refractivity contribution in [1.82, 2.24) is 0 Å². The van der Waals surface area contributed by atoms with Gasteiger partial charge in [0.1, 0.15) is 0 Å². The van der Waals surface area contributed by atoms with E-state index in [0.717, 1.165) is 17.0 Å². The molecule has 4 aliphatic rings. The molecule has 1 atom stereocenters. The molecule has 4 saturated carbocycles. The van der Waals surface area contributed by atoms with Gasteiger partial charge in [-0.3, -0.25) is 0 Å². The van der Waals surface area contributed by atoms with Crippen LogP contribution in [0.3, 0.4) is 0 Å². The number of rotatable bonds is 8. The predicted molar refractivity (Wildman–Crippen MR) is 186 cm³/mol. The van der Waals surface area contributed by atoms with Gasteiger partial charge in [-0.25, -0.2) is 0 Å². The molecule has 0 spiro atoms. The minimum Gasteiger partial charge on any atom is -0.0965 e. The zero-order valence-corrected chi connectivity index (χ0v) is 28.2. The summed E-state index contributed by atoms with van der Waals surface area (Å²) in [5, 5.41) is 2.98. The van der Waals surface area contributed by atoms with Gasteiger partial charge in [-0.15, -0.1) is 0 Å². The second-order valence-electron chi connectivity index (χ2n) is 11.3. The quantitative estimate of drug-likeness (QED) is 0.202. The summed E-state index contributed by atoms with van der Waals surface area (Å²) >= 11 is 0. The van der Waals surface area contributed by atoms with Crippen LogP contribution in [0.25, 0.3) is 0 Å². The van der Waals surface area contributed by atoms with E-state index in [1.807, 2.05) is 32.1 Å². The summed E-state index contributed by atoms with van der Waals surface area (Å²) in [5.41, 5.74) is 4.40. The Morgan fingerprint density at radius 2 is 1.02 bits per heavy atom. The van der Waals surface area contributed by atoms with Gasteiger partial charge in [0.2, 0.25) is 0 Å². The first-order valence-electron chi connectivity index (χ1n) is 15.5. The maximum absolute atomic E-state index is 2.53. The Labute approximate surface area is 277 Å². The fourth-order valence-corrected chi connectivity index (χ4v) is 14.1. The molecular weight excluding hydrogens is 584 g/mol. The van der Waals surface area contributed by atoms with Crippen LogP contribution in [0, 0.1) is 62.9 Å². The van der Waals surface area contributed by atoms with E-state index in [2.05, 4.69) is 86.8 Å². The second kappa shape index (κ2) is 20.9. The summed E-state index contributed by atoms with van der Waals surface area (Å²) in [6, 6.07) is 22.7. The second-order valence-corrected chi connectivity index (χ2v) is 16.5. The van der Waals surface area contributed by atoms with Crippen LogP contribution in [0.4, 0.5) is 0 Å². The molecule has 4 fully saturated rings. The van der Waals surface area contributed by atoms with Gasteiger partial charge < -0.3 is 0 Å². The average molecular weight is 630 g/mol. The van der Waals surface area contributed by atoms with Gasteiger partial charge in [0, 0.05) is 22.5 Å². The van der Waals surface area contributed by atoms with E-state index >= 15 is 0 Å². The Kier molecular flexibility index (Phi) is 19.0. The zero-order chi connectivity index (χ0) is 26.7. The predicted octanol–water partition coefficient (Wildman–Crippen LogP) is 9.04. The van der Waals surface area contributed by atoms with Crippen LogP contribution in [-0.4, -0.2) is 33.8 Å². The molecule has 2 aromatic rings. The summed E-state index contributed by atoms with van der Waals surface area (Å²) in [5.74, 6) is 1.71. The summed E-state index contributed by atoms with van der Waals surface area (Å²) in [6.07, 6.45) is 33.5. The van der Waals surface area contributed by atoms with Crippen molar-refractivity contribution >= 4 is 43.3 Å². The van der Waals surface area contributed by atoms with Crippen molar-refractivity contribution < 1.29 is 17.1 Å². The Bertz CT molecular complexity index is 864. The molecule has 2 aromatic carbocycles. The molecule has 0 aliphatic heterocycles. The van der Waals surface area contributed by atoms with Crippen molar-refractivity contribution in [2.45, 2.75) is 94.5 Å². The van der Waals surface area contributed by atoms with Gasteiger partial charge in [-0.1, -0.05) is 114 Å². The van der Waals surface area contributed by atoms with E-state index in [-0.39, 0.29) is 41.8 Å². The smallest absolute Gasteiger partial charge is 0.0965 e. The van der Waals surface area contributed by atoms with Crippen LogP contribution in [-0.2, 0) is 17.1 Å². The third kappa shape index (κ3) is 10.2. The average Bonchev–Trinajstić information content (AvgIpc) is 3.75. The topological polar surface area (TPSA) is 0 Å². The van der Waals surface area contributed by atoms with Gasteiger partial charge in [-0.2, -0.15) is 0 Å². The monoisotopic (exact) mass is 630 g/mol. The third-order valence-electron chi connectivity index (χ3n) is 8.75. The maximum atomic E-state index is 2.53. The number of hydrogen-bond acceptors (Lipinski definition) is 0. The molecule has 0 amide bonds. The molecule has 16 radical (unpaired) electrons. The molecule has 0 N–H and O–H groups in total. The van der Waals surface area contributed by atoms with Crippen molar-refractivity contribution in [2.75, 3.05) is 0 Å². The van der Waals surface area contributed by atoms with Crippen molar-refractivity contribution in [1.29, 1.82) is 0 Å². The fourth-order valence-electron chi connectivity index (χ4n) is 6.97. The third-order valence-corrected chi connectivity index (χ3v) is 15.3. The SMILES string of the molecule is CC[C@H]([C]1[CH][CH][CH][C]1P(c1ccccc1)c1ccccc1)P(C1CCCCC1)C1CCCCC1.[B].[B].[CH]1[CH][CH][CH][CH]1.[Fe+2]. The maximum Gasteiger partial charge on any atom is 2.00 e. The molecule has 0 unspecified atom stereocenters. The Balaban J connectivity index is 0.000000700.